The molecule has 2 N–H and O–H groups in total. The van der Waals surface area contributed by atoms with Crippen LogP contribution in [0, 0.1) is 0 Å². The van der Waals surface area contributed by atoms with Crippen LogP contribution in [0.25, 0.3) is 0 Å². The molecule has 0 saturated heterocycles. The zero-order valence-corrected chi connectivity index (χ0v) is 17.2. The smallest absolute Gasteiger partial charge is 0.251 e. The number of fused-ring (bicyclic) bond motifs is 1. The maximum atomic E-state index is 12.3. The maximum absolute atomic E-state index is 12.3. The van der Waals surface area contributed by atoms with Gasteiger partial charge in [-0.15, -0.1) is 0 Å². The Balaban J connectivity index is 1.33. The van der Waals surface area contributed by atoms with E-state index in [1.165, 1.54) is 24.3 Å². The van der Waals surface area contributed by atoms with Gasteiger partial charge in [-0.3, -0.25) is 4.79 Å². The fourth-order valence-electron chi connectivity index (χ4n) is 3.01. The number of carbonyl (C=O) groups is 1. The lowest BCUT2D eigenvalue weighted by molar-refractivity contribution is 0.0954. The lowest BCUT2D eigenvalue weighted by Crippen LogP contribution is -2.27. The lowest BCUT2D eigenvalue weighted by atomic mass is 10.1. The van der Waals surface area contributed by atoms with Crippen molar-refractivity contribution in [3.05, 3.63) is 52.5 Å². The molecule has 1 heterocycles. The third kappa shape index (κ3) is 4.83. The van der Waals surface area contributed by atoms with Crippen LogP contribution < -0.4 is 19.5 Å². The third-order valence-electron chi connectivity index (χ3n) is 4.68. The van der Waals surface area contributed by atoms with Gasteiger partial charge < -0.3 is 14.8 Å². The Labute approximate surface area is 174 Å². The summed E-state index contributed by atoms with van der Waals surface area (Å²) in [4.78, 5) is 12.5. The largest absolute Gasteiger partial charge is 0.486 e. The molecule has 0 radical (unpaired) electrons. The Hall–Kier alpha value is -2.29. The summed E-state index contributed by atoms with van der Waals surface area (Å²) in [5, 5.41) is 3.31. The molecular weight excluding hydrogens is 416 g/mol. The van der Waals surface area contributed by atoms with Crippen molar-refractivity contribution in [1.29, 1.82) is 0 Å². The Bertz CT molecular complexity index is 1020. The SMILES string of the molecule is O=C(NCCc1cc(Cl)c2c(c1)OCCO2)c1ccc(S(=O)(=O)NC2CC2)cc1. The van der Waals surface area contributed by atoms with E-state index in [2.05, 4.69) is 10.0 Å². The first-order valence-electron chi connectivity index (χ1n) is 9.41. The van der Waals surface area contributed by atoms with Gasteiger partial charge in [0.2, 0.25) is 10.0 Å². The van der Waals surface area contributed by atoms with Crippen molar-refractivity contribution in [2.24, 2.45) is 0 Å². The van der Waals surface area contributed by atoms with Gasteiger partial charge in [0.15, 0.2) is 11.5 Å². The number of sulfonamides is 1. The van der Waals surface area contributed by atoms with E-state index in [1.807, 2.05) is 6.07 Å². The van der Waals surface area contributed by atoms with Gasteiger partial charge in [-0.1, -0.05) is 11.6 Å². The summed E-state index contributed by atoms with van der Waals surface area (Å²) >= 11 is 6.23. The number of rotatable bonds is 7. The molecule has 1 fully saturated rings. The van der Waals surface area contributed by atoms with Gasteiger partial charge in [0.1, 0.15) is 13.2 Å². The second-order valence-corrected chi connectivity index (χ2v) is 9.15. The molecule has 154 valence electrons. The van der Waals surface area contributed by atoms with Crippen molar-refractivity contribution in [2.75, 3.05) is 19.8 Å². The number of hydrogen-bond donors (Lipinski definition) is 2. The molecule has 2 aromatic carbocycles. The first kappa shape index (κ1) is 20.0. The summed E-state index contributed by atoms with van der Waals surface area (Å²) < 4.78 is 38.0. The van der Waals surface area contributed by atoms with Crippen molar-refractivity contribution in [2.45, 2.75) is 30.2 Å². The zero-order valence-electron chi connectivity index (χ0n) is 15.6. The molecule has 0 spiro atoms. The highest BCUT2D eigenvalue weighted by Crippen LogP contribution is 2.38. The van der Waals surface area contributed by atoms with E-state index >= 15 is 0 Å². The zero-order chi connectivity index (χ0) is 20.4. The average Bonchev–Trinajstić information content (AvgIpc) is 3.51. The molecular formula is C20H21ClN2O5S. The second-order valence-electron chi connectivity index (χ2n) is 7.03. The molecule has 1 amide bonds. The van der Waals surface area contributed by atoms with Crippen LogP contribution in [0.1, 0.15) is 28.8 Å². The fourth-order valence-corrected chi connectivity index (χ4v) is 4.60. The highest BCUT2D eigenvalue weighted by molar-refractivity contribution is 7.89. The van der Waals surface area contributed by atoms with Gasteiger partial charge >= 0.3 is 0 Å². The van der Waals surface area contributed by atoms with Gasteiger partial charge in [0, 0.05) is 18.2 Å². The van der Waals surface area contributed by atoms with E-state index in [4.69, 9.17) is 21.1 Å². The van der Waals surface area contributed by atoms with E-state index in [0.717, 1.165) is 18.4 Å². The van der Waals surface area contributed by atoms with Crippen LogP contribution in [0.5, 0.6) is 11.5 Å². The number of halogens is 1. The van der Waals surface area contributed by atoms with E-state index in [9.17, 15) is 13.2 Å². The first-order valence-corrected chi connectivity index (χ1v) is 11.3. The highest BCUT2D eigenvalue weighted by atomic mass is 35.5. The summed E-state index contributed by atoms with van der Waals surface area (Å²) in [5.41, 5.74) is 1.32. The first-order chi connectivity index (χ1) is 13.9. The van der Waals surface area contributed by atoms with E-state index < -0.39 is 10.0 Å². The number of benzene rings is 2. The summed E-state index contributed by atoms with van der Waals surface area (Å²) in [6, 6.07) is 9.61. The maximum Gasteiger partial charge on any atom is 0.251 e. The monoisotopic (exact) mass is 436 g/mol. The molecule has 0 bridgehead atoms. The number of carbonyl (C=O) groups excluding carboxylic acids is 1. The van der Waals surface area contributed by atoms with Crippen molar-refractivity contribution in [1.82, 2.24) is 10.0 Å². The molecule has 1 aliphatic carbocycles. The Morgan fingerprint density at radius 2 is 1.83 bits per heavy atom. The minimum absolute atomic E-state index is 0.0389. The molecule has 29 heavy (non-hydrogen) atoms. The highest BCUT2D eigenvalue weighted by Gasteiger charge is 2.28. The summed E-state index contributed by atoms with van der Waals surface area (Å²) in [6.07, 6.45) is 2.31. The number of hydrogen-bond acceptors (Lipinski definition) is 5. The molecule has 9 heteroatoms. The molecule has 0 atom stereocenters. The van der Waals surface area contributed by atoms with E-state index in [0.29, 0.717) is 48.3 Å². The quantitative estimate of drug-likeness (QED) is 0.695. The van der Waals surface area contributed by atoms with E-state index in [-0.39, 0.29) is 16.8 Å². The molecule has 1 aliphatic heterocycles. The predicted octanol–water partition coefficient (Wildman–Crippen LogP) is 2.52. The minimum Gasteiger partial charge on any atom is -0.486 e. The second kappa shape index (κ2) is 8.22. The van der Waals surface area contributed by atoms with Crippen LogP contribution in [0.3, 0.4) is 0 Å². The summed E-state index contributed by atoms with van der Waals surface area (Å²) in [7, 11) is -3.52. The molecule has 2 aliphatic rings. The van der Waals surface area contributed by atoms with Crippen LogP contribution >= 0.6 is 11.6 Å². The van der Waals surface area contributed by atoms with Crippen LogP contribution in [0.15, 0.2) is 41.3 Å². The number of nitrogens with one attached hydrogen (secondary N) is 2. The molecule has 2 aromatic rings. The molecule has 0 aromatic heterocycles. The Morgan fingerprint density at radius 1 is 1.10 bits per heavy atom. The Kier molecular flexibility index (Phi) is 5.67. The van der Waals surface area contributed by atoms with Crippen molar-refractivity contribution < 1.29 is 22.7 Å². The van der Waals surface area contributed by atoms with Gasteiger partial charge in [0.05, 0.1) is 9.92 Å². The van der Waals surface area contributed by atoms with Gasteiger partial charge in [-0.05, 0) is 61.2 Å². The van der Waals surface area contributed by atoms with Crippen LogP contribution in [-0.2, 0) is 16.4 Å². The fraction of sp³-hybridized carbons (Fsp3) is 0.350. The van der Waals surface area contributed by atoms with E-state index in [1.54, 1.807) is 6.07 Å². The van der Waals surface area contributed by atoms with Gasteiger partial charge in [-0.2, -0.15) is 0 Å². The molecule has 7 nitrogen and oxygen atoms in total. The average molecular weight is 437 g/mol. The topological polar surface area (TPSA) is 93.7 Å². The minimum atomic E-state index is -3.52. The number of amides is 1. The normalized spacial score (nSPS) is 15.8. The predicted molar refractivity (Wildman–Crippen MR) is 108 cm³/mol. The Morgan fingerprint density at radius 3 is 2.55 bits per heavy atom. The van der Waals surface area contributed by atoms with Crippen molar-refractivity contribution in [3.8, 4) is 11.5 Å². The van der Waals surface area contributed by atoms with Crippen molar-refractivity contribution >= 4 is 27.5 Å². The molecule has 1 saturated carbocycles. The van der Waals surface area contributed by atoms with Crippen molar-refractivity contribution in [3.63, 3.8) is 0 Å². The summed E-state index contributed by atoms with van der Waals surface area (Å²) in [6.45, 7) is 1.35. The van der Waals surface area contributed by atoms with Crippen LogP contribution in [0.4, 0.5) is 0 Å². The third-order valence-corrected chi connectivity index (χ3v) is 6.50. The standard InChI is InChI=1S/C20H21ClN2O5S/c21-17-11-13(12-18-19(17)28-10-9-27-18)7-8-22-20(24)14-1-5-16(6-2-14)29(25,26)23-15-3-4-15/h1-2,5-6,11-12,15,23H,3-4,7-10H2,(H,22,24). The van der Waals surface area contributed by atoms with Crippen LogP contribution in [0.2, 0.25) is 5.02 Å². The lowest BCUT2D eigenvalue weighted by Gasteiger charge is -2.20. The van der Waals surface area contributed by atoms with Gasteiger partial charge in [-0.25, -0.2) is 13.1 Å². The summed E-state index contributed by atoms with van der Waals surface area (Å²) in [5.74, 6) is 0.895. The molecule has 0 unspecified atom stereocenters. The molecule has 4 rings (SSSR count). The number of ether oxygens (including phenoxy) is 2. The van der Waals surface area contributed by atoms with Gasteiger partial charge in [0.25, 0.3) is 5.91 Å². The van der Waals surface area contributed by atoms with Crippen LogP contribution in [-0.4, -0.2) is 40.1 Å².